The van der Waals surface area contributed by atoms with Crippen LogP contribution in [0.4, 0.5) is 0 Å². The standard InChI is InChI=1S/C27H22N3S/c31-27-29-28-26(18-20-15-16-21-9-7-8-14-24(21)17-20)30(27)19-25(22-10-3-1-4-11-22)23-12-5-2-6-13-23/h1-17,25H,18-19H2. The zero-order valence-electron chi connectivity index (χ0n) is 17.1. The second-order valence-electron chi connectivity index (χ2n) is 7.74. The first kappa shape index (κ1) is 19.5. The summed E-state index contributed by atoms with van der Waals surface area (Å²) in [5.41, 5.74) is 3.72. The lowest BCUT2D eigenvalue weighted by Gasteiger charge is -2.20. The maximum atomic E-state index is 5.57. The molecule has 4 aromatic carbocycles. The predicted octanol–water partition coefficient (Wildman–Crippen LogP) is 6.41. The molecular weight excluding hydrogens is 398 g/mol. The maximum Gasteiger partial charge on any atom is 0.222 e. The Labute approximate surface area is 187 Å². The highest BCUT2D eigenvalue weighted by molar-refractivity contribution is 7.80. The summed E-state index contributed by atoms with van der Waals surface area (Å²) in [6, 6.07) is 36.1. The molecule has 0 saturated carbocycles. The summed E-state index contributed by atoms with van der Waals surface area (Å²) in [7, 11) is 0. The van der Waals surface area contributed by atoms with Gasteiger partial charge in [-0.15, -0.1) is 10.2 Å². The first-order valence-corrected chi connectivity index (χ1v) is 10.9. The number of hydrogen-bond acceptors (Lipinski definition) is 2. The van der Waals surface area contributed by atoms with Crippen molar-refractivity contribution < 1.29 is 0 Å². The number of nitrogens with zero attached hydrogens (tertiary/aromatic N) is 3. The van der Waals surface area contributed by atoms with Crippen LogP contribution in [0.5, 0.6) is 0 Å². The monoisotopic (exact) mass is 420 g/mol. The van der Waals surface area contributed by atoms with E-state index in [-0.39, 0.29) is 5.92 Å². The summed E-state index contributed by atoms with van der Waals surface area (Å²) in [6.45, 7) is 0.711. The second kappa shape index (κ2) is 8.70. The maximum absolute atomic E-state index is 5.57. The van der Waals surface area contributed by atoms with Crippen molar-refractivity contribution >= 4 is 23.4 Å². The smallest absolute Gasteiger partial charge is 0.222 e. The normalized spacial score (nSPS) is 11.3. The Hall–Kier alpha value is -3.50. The van der Waals surface area contributed by atoms with Gasteiger partial charge >= 0.3 is 0 Å². The fourth-order valence-corrected chi connectivity index (χ4v) is 4.34. The Morgan fingerprint density at radius 1 is 0.677 bits per heavy atom. The van der Waals surface area contributed by atoms with Crippen molar-refractivity contribution in [2.45, 2.75) is 24.0 Å². The minimum Gasteiger partial charge on any atom is -0.301 e. The molecule has 0 atom stereocenters. The molecule has 0 spiro atoms. The van der Waals surface area contributed by atoms with Gasteiger partial charge in [-0.3, -0.25) is 0 Å². The van der Waals surface area contributed by atoms with E-state index in [0.717, 1.165) is 5.82 Å². The van der Waals surface area contributed by atoms with Crippen molar-refractivity contribution in [3.8, 4) is 0 Å². The summed E-state index contributed by atoms with van der Waals surface area (Å²) < 4.78 is 2.09. The number of aromatic nitrogens is 3. The van der Waals surface area contributed by atoms with Crippen LogP contribution in [-0.2, 0) is 13.0 Å². The lowest BCUT2D eigenvalue weighted by molar-refractivity contribution is 0.561. The molecule has 0 amide bonds. The van der Waals surface area contributed by atoms with E-state index in [1.165, 1.54) is 27.5 Å². The van der Waals surface area contributed by atoms with E-state index in [0.29, 0.717) is 18.1 Å². The molecule has 0 saturated heterocycles. The molecule has 1 radical (unpaired) electrons. The fraction of sp³-hybridized carbons (Fsp3) is 0.111. The second-order valence-corrected chi connectivity index (χ2v) is 8.11. The van der Waals surface area contributed by atoms with E-state index in [2.05, 4.69) is 106 Å². The summed E-state index contributed by atoms with van der Waals surface area (Å²) in [5, 5.41) is 11.7. The third-order valence-electron chi connectivity index (χ3n) is 5.74. The molecule has 1 aromatic heterocycles. The summed E-state index contributed by atoms with van der Waals surface area (Å²) in [6.07, 6.45) is 0.699. The molecule has 151 valence electrons. The Kier molecular flexibility index (Phi) is 5.46. The van der Waals surface area contributed by atoms with E-state index in [4.69, 9.17) is 12.6 Å². The van der Waals surface area contributed by atoms with Crippen LogP contribution < -0.4 is 0 Å². The van der Waals surface area contributed by atoms with Gasteiger partial charge in [-0.1, -0.05) is 103 Å². The van der Waals surface area contributed by atoms with E-state index in [1.807, 2.05) is 12.1 Å². The van der Waals surface area contributed by atoms with Crippen LogP contribution in [0.1, 0.15) is 28.4 Å². The molecule has 5 aromatic rings. The molecule has 4 heteroatoms. The quantitative estimate of drug-likeness (QED) is 0.318. The molecule has 0 fully saturated rings. The Morgan fingerprint density at radius 3 is 1.97 bits per heavy atom. The van der Waals surface area contributed by atoms with Crippen molar-refractivity contribution in [3.05, 3.63) is 126 Å². The van der Waals surface area contributed by atoms with E-state index >= 15 is 0 Å². The van der Waals surface area contributed by atoms with Crippen LogP contribution in [0.25, 0.3) is 10.8 Å². The van der Waals surface area contributed by atoms with Gasteiger partial charge in [0.05, 0.1) is 0 Å². The van der Waals surface area contributed by atoms with Crippen LogP contribution in [0.3, 0.4) is 0 Å². The molecular formula is C27H22N3S. The van der Waals surface area contributed by atoms with E-state index in [9.17, 15) is 0 Å². The van der Waals surface area contributed by atoms with Crippen LogP contribution in [0.15, 0.2) is 108 Å². The van der Waals surface area contributed by atoms with Crippen LogP contribution in [-0.4, -0.2) is 14.8 Å². The van der Waals surface area contributed by atoms with Gasteiger partial charge in [-0.2, -0.15) is 0 Å². The number of fused-ring (bicyclic) bond motifs is 1. The zero-order chi connectivity index (χ0) is 21.0. The van der Waals surface area contributed by atoms with Crippen LogP contribution >= 0.6 is 12.6 Å². The third-order valence-corrected chi connectivity index (χ3v) is 6.04. The molecule has 31 heavy (non-hydrogen) atoms. The molecule has 0 aliphatic heterocycles. The average Bonchev–Trinajstić information content (AvgIpc) is 3.17. The van der Waals surface area contributed by atoms with Crippen molar-refractivity contribution in [1.82, 2.24) is 14.8 Å². The summed E-state index contributed by atoms with van der Waals surface area (Å²) in [4.78, 5) is 0. The lowest BCUT2D eigenvalue weighted by atomic mass is 9.91. The Bertz CT molecular complexity index is 1260. The van der Waals surface area contributed by atoms with Gasteiger partial charge in [0.1, 0.15) is 5.82 Å². The third kappa shape index (κ3) is 4.21. The van der Waals surface area contributed by atoms with Gasteiger partial charge in [0, 0.05) is 18.9 Å². The van der Waals surface area contributed by atoms with Crippen molar-refractivity contribution in [3.63, 3.8) is 0 Å². The molecule has 0 N–H and O–H groups in total. The summed E-state index contributed by atoms with van der Waals surface area (Å²) in [5.74, 6) is 1.08. The number of rotatable bonds is 6. The van der Waals surface area contributed by atoms with Gasteiger partial charge in [-0.25, -0.2) is 0 Å². The minimum atomic E-state index is 0.176. The number of benzene rings is 4. The SMILES string of the molecule is [S]c1nnc(Cc2ccc3ccccc3c2)n1CC(c1ccccc1)c1ccccc1. The first-order valence-electron chi connectivity index (χ1n) is 10.4. The molecule has 0 aliphatic carbocycles. The fourth-order valence-electron chi connectivity index (χ4n) is 4.12. The van der Waals surface area contributed by atoms with Crippen LogP contribution in [0, 0.1) is 0 Å². The van der Waals surface area contributed by atoms with Gasteiger partial charge in [0.2, 0.25) is 5.16 Å². The molecule has 3 nitrogen and oxygen atoms in total. The van der Waals surface area contributed by atoms with Gasteiger partial charge < -0.3 is 4.57 Å². The molecule has 1 heterocycles. The highest BCUT2D eigenvalue weighted by atomic mass is 32.1. The largest absolute Gasteiger partial charge is 0.301 e. The minimum absolute atomic E-state index is 0.176. The Balaban J connectivity index is 1.49. The highest BCUT2D eigenvalue weighted by Crippen LogP contribution is 2.28. The molecule has 0 bridgehead atoms. The summed E-state index contributed by atoms with van der Waals surface area (Å²) >= 11 is 5.57. The van der Waals surface area contributed by atoms with E-state index in [1.54, 1.807) is 0 Å². The number of hydrogen-bond donors (Lipinski definition) is 0. The van der Waals surface area contributed by atoms with Crippen LogP contribution in [0.2, 0.25) is 0 Å². The Morgan fingerprint density at radius 2 is 1.29 bits per heavy atom. The first-order chi connectivity index (χ1) is 15.3. The topological polar surface area (TPSA) is 30.7 Å². The van der Waals surface area contributed by atoms with Gasteiger partial charge in [0.15, 0.2) is 0 Å². The molecule has 0 unspecified atom stereocenters. The zero-order valence-corrected chi connectivity index (χ0v) is 17.9. The lowest BCUT2D eigenvalue weighted by Crippen LogP contribution is -2.14. The predicted molar refractivity (Wildman–Crippen MR) is 127 cm³/mol. The molecule has 0 aliphatic rings. The van der Waals surface area contributed by atoms with Crippen molar-refractivity contribution in [2.75, 3.05) is 0 Å². The highest BCUT2D eigenvalue weighted by Gasteiger charge is 2.19. The van der Waals surface area contributed by atoms with Crippen molar-refractivity contribution in [2.24, 2.45) is 0 Å². The van der Waals surface area contributed by atoms with Crippen molar-refractivity contribution in [1.29, 1.82) is 0 Å². The average molecular weight is 421 g/mol. The molecule has 5 rings (SSSR count). The van der Waals surface area contributed by atoms with Gasteiger partial charge in [0.25, 0.3) is 0 Å². The van der Waals surface area contributed by atoms with E-state index < -0.39 is 0 Å². The van der Waals surface area contributed by atoms with Gasteiger partial charge in [-0.05, 0) is 40.1 Å².